The summed E-state index contributed by atoms with van der Waals surface area (Å²) in [6.07, 6.45) is 0. The van der Waals surface area contributed by atoms with Crippen molar-refractivity contribution in [3.63, 3.8) is 0 Å². The molecule has 128 valence electrons. The van der Waals surface area contributed by atoms with E-state index in [1.54, 1.807) is 7.11 Å². The van der Waals surface area contributed by atoms with Gasteiger partial charge in [0, 0.05) is 6.54 Å². The number of nitrogens with one attached hydrogen (secondary N) is 1. The Bertz CT molecular complexity index is 613. The van der Waals surface area contributed by atoms with Gasteiger partial charge in [0.25, 0.3) is 0 Å². The molecule has 0 heterocycles. The first-order valence-corrected chi connectivity index (χ1v) is 7.78. The van der Waals surface area contributed by atoms with Crippen LogP contribution in [0.4, 0.5) is 0 Å². The Kier molecular flexibility index (Phi) is 7.26. The number of ether oxygens (including phenoxy) is 3. The second-order valence-corrected chi connectivity index (χ2v) is 5.31. The molecule has 5 heteroatoms. The Morgan fingerprint density at radius 1 is 1.00 bits per heavy atom. The molecule has 0 aliphatic heterocycles. The highest BCUT2D eigenvalue weighted by atomic mass is 16.5. The van der Waals surface area contributed by atoms with Crippen LogP contribution >= 0.6 is 0 Å². The summed E-state index contributed by atoms with van der Waals surface area (Å²) in [6.45, 7) is 1.24. The molecule has 0 spiro atoms. The number of rotatable bonds is 9. The van der Waals surface area contributed by atoms with E-state index in [9.17, 15) is 4.79 Å². The molecule has 0 fully saturated rings. The van der Waals surface area contributed by atoms with E-state index in [1.807, 2.05) is 54.6 Å². The molecule has 0 saturated carbocycles. The lowest BCUT2D eigenvalue weighted by atomic mass is 10.2. The Morgan fingerprint density at radius 2 is 1.71 bits per heavy atom. The lowest BCUT2D eigenvalue weighted by molar-refractivity contribution is -0.145. The molecule has 2 rings (SSSR count). The van der Waals surface area contributed by atoms with Gasteiger partial charge in [-0.3, -0.25) is 10.1 Å². The van der Waals surface area contributed by atoms with Crippen LogP contribution in [0.3, 0.4) is 0 Å². The summed E-state index contributed by atoms with van der Waals surface area (Å²) in [4.78, 5) is 11.9. The lowest BCUT2D eigenvalue weighted by Crippen LogP contribution is -2.41. The number of methoxy groups -OCH3 is 2. The van der Waals surface area contributed by atoms with Crippen LogP contribution in [0.2, 0.25) is 0 Å². The third-order valence-electron chi connectivity index (χ3n) is 3.59. The third kappa shape index (κ3) is 5.68. The molecule has 0 amide bonds. The summed E-state index contributed by atoms with van der Waals surface area (Å²) in [5, 5.41) is 3.17. The smallest absolute Gasteiger partial charge is 0.325 e. The largest absolute Gasteiger partial charge is 0.497 e. The van der Waals surface area contributed by atoms with Crippen LogP contribution < -0.4 is 10.1 Å². The molecule has 0 radical (unpaired) electrons. The summed E-state index contributed by atoms with van der Waals surface area (Å²) in [7, 11) is 3.01. The van der Waals surface area contributed by atoms with Gasteiger partial charge in [-0.1, -0.05) is 42.5 Å². The van der Waals surface area contributed by atoms with Gasteiger partial charge in [-0.05, 0) is 23.3 Å². The average Bonchev–Trinajstić information content (AvgIpc) is 2.65. The fourth-order valence-electron chi connectivity index (χ4n) is 2.21. The number of hydrogen-bond acceptors (Lipinski definition) is 5. The van der Waals surface area contributed by atoms with Gasteiger partial charge < -0.3 is 14.2 Å². The first-order chi connectivity index (χ1) is 11.7. The predicted molar refractivity (Wildman–Crippen MR) is 91.7 cm³/mol. The molecule has 0 aliphatic rings. The van der Waals surface area contributed by atoms with E-state index in [0.717, 1.165) is 16.9 Å². The summed E-state index contributed by atoms with van der Waals surface area (Å²) < 4.78 is 15.6. The third-order valence-corrected chi connectivity index (χ3v) is 3.59. The van der Waals surface area contributed by atoms with Crippen molar-refractivity contribution in [2.24, 2.45) is 0 Å². The highest BCUT2D eigenvalue weighted by Gasteiger charge is 2.18. The number of esters is 1. The van der Waals surface area contributed by atoms with Gasteiger partial charge in [0.1, 0.15) is 11.8 Å². The maximum atomic E-state index is 11.9. The fourth-order valence-corrected chi connectivity index (χ4v) is 2.21. The highest BCUT2D eigenvalue weighted by Crippen LogP contribution is 2.11. The minimum Gasteiger partial charge on any atom is -0.497 e. The lowest BCUT2D eigenvalue weighted by Gasteiger charge is -2.17. The predicted octanol–water partition coefficient (Wildman–Crippen LogP) is 2.54. The van der Waals surface area contributed by atoms with Crippen molar-refractivity contribution in [1.29, 1.82) is 0 Å². The van der Waals surface area contributed by atoms with Gasteiger partial charge in [-0.2, -0.15) is 0 Å². The molecule has 1 unspecified atom stereocenters. The van der Waals surface area contributed by atoms with Crippen molar-refractivity contribution in [3.05, 3.63) is 65.7 Å². The quantitative estimate of drug-likeness (QED) is 0.717. The Morgan fingerprint density at radius 3 is 2.33 bits per heavy atom. The first kappa shape index (κ1) is 18.0. The van der Waals surface area contributed by atoms with Crippen LogP contribution in [-0.2, 0) is 27.4 Å². The van der Waals surface area contributed by atoms with Crippen molar-refractivity contribution in [2.75, 3.05) is 20.8 Å². The van der Waals surface area contributed by atoms with Crippen molar-refractivity contribution >= 4 is 5.97 Å². The maximum Gasteiger partial charge on any atom is 0.325 e. The van der Waals surface area contributed by atoms with Crippen LogP contribution in [-0.4, -0.2) is 32.8 Å². The standard InChI is InChI=1S/C19H23NO4/c1-22-17-10-8-15(9-11-17)12-20-18(19(21)23-2)14-24-13-16-6-4-3-5-7-16/h3-11,18,20H,12-14H2,1-2H3. The normalized spacial score (nSPS) is 11.8. The molecule has 1 atom stereocenters. The Hall–Kier alpha value is -2.37. The molecule has 0 bridgehead atoms. The summed E-state index contributed by atoms with van der Waals surface area (Å²) in [5.74, 6) is 0.464. The Balaban J connectivity index is 1.84. The van der Waals surface area contributed by atoms with Gasteiger partial charge in [-0.25, -0.2) is 0 Å². The molecule has 1 N–H and O–H groups in total. The molecule has 5 nitrogen and oxygen atoms in total. The zero-order valence-corrected chi connectivity index (χ0v) is 14.0. The monoisotopic (exact) mass is 329 g/mol. The molecule has 0 aliphatic carbocycles. The molecular formula is C19H23NO4. The second kappa shape index (κ2) is 9.70. The maximum absolute atomic E-state index is 11.9. The minimum atomic E-state index is -0.513. The number of carbonyl (C=O) groups is 1. The number of hydrogen-bond donors (Lipinski definition) is 1. The molecule has 24 heavy (non-hydrogen) atoms. The van der Waals surface area contributed by atoms with E-state index in [1.165, 1.54) is 7.11 Å². The summed E-state index contributed by atoms with van der Waals surface area (Å²) >= 11 is 0. The zero-order valence-electron chi connectivity index (χ0n) is 14.0. The summed E-state index contributed by atoms with van der Waals surface area (Å²) in [5.41, 5.74) is 2.11. The van der Waals surface area contributed by atoms with Crippen LogP contribution in [0.5, 0.6) is 5.75 Å². The topological polar surface area (TPSA) is 56.8 Å². The van der Waals surface area contributed by atoms with Crippen LogP contribution in [0, 0.1) is 0 Å². The van der Waals surface area contributed by atoms with Gasteiger partial charge in [0.05, 0.1) is 27.4 Å². The average molecular weight is 329 g/mol. The van der Waals surface area contributed by atoms with Crippen molar-refractivity contribution in [1.82, 2.24) is 5.32 Å². The number of benzene rings is 2. The van der Waals surface area contributed by atoms with Crippen LogP contribution in [0.25, 0.3) is 0 Å². The number of carbonyl (C=O) groups excluding carboxylic acids is 1. The van der Waals surface area contributed by atoms with E-state index < -0.39 is 6.04 Å². The van der Waals surface area contributed by atoms with Gasteiger partial charge in [-0.15, -0.1) is 0 Å². The SMILES string of the molecule is COC(=O)C(COCc1ccccc1)NCc1ccc(OC)cc1. The van der Waals surface area contributed by atoms with E-state index in [2.05, 4.69) is 5.32 Å². The minimum absolute atomic E-state index is 0.248. The fraction of sp³-hybridized carbons (Fsp3) is 0.316. The van der Waals surface area contributed by atoms with Crippen LogP contribution in [0.15, 0.2) is 54.6 Å². The van der Waals surface area contributed by atoms with E-state index in [-0.39, 0.29) is 12.6 Å². The van der Waals surface area contributed by atoms with Gasteiger partial charge >= 0.3 is 5.97 Å². The first-order valence-electron chi connectivity index (χ1n) is 7.78. The zero-order chi connectivity index (χ0) is 17.2. The highest BCUT2D eigenvalue weighted by molar-refractivity contribution is 5.75. The molecular weight excluding hydrogens is 306 g/mol. The molecule has 0 saturated heterocycles. The second-order valence-electron chi connectivity index (χ2n) is 5.31. The molecule has 2 aromatic carbocycles. The van der Waals surface area contributed by atoms with Crippen molar-refractivity contribution < 1.29 is 19.0 Å². The van der Waals surface area contributed by atoms with E-state index in [0.29, 0.717) is 13.2 Å². The molecule has 2 aromatic rings. The van der Waals surface area contributed by atoms with E-state index >= 15 is 0 Å². The Labute approximate surface area is 142 Å². The van der Waals surface area contributed by atoms with Crippen molar-refractivity contribution in [3.8, 4) is 5.75 Å². The van der Waals surface area contributed by atoms with Gasteiger partial charge in [0.2, 0.25) is 0 Å². The van der Waals surface area contributed by atoms with Crippen LogP contribution in [0.1, 0.15) is 11.1 Å². The summed E-state index contributed by atoms with van der Waals surface area (Å²) in [6, 6.07) is 17.0. The molecule has 0 aromatic heterocycles. The van der Waals surface area contributed by atoms with Crippen molar-refractivity contribution in [2.45, 2.75) is 19.2 Å². The van der Waals surface area contributed by atoms with E-state index in [4.69, 9.17) is 14.2 Å². The van der Waals surface area contributed by atoms with Gasteiger partial charge in [0.15, 0.2) is 0 Å².